The fraction of sp³-hybridized carbons (Fsp3) is 0.183. The summed E-state index contributed by atoms with van der Waals surface area (Å²) in [6, 6.07) is 67.3. The fourth-order valence-corrected chi connectivity index (χ4v) is 15.6. The number of hydrogen-bond donors (Lipinski definition) is 0. The van der Waals surface area contributed by atoms with E-state index in [9.17, 15) is 0 Å². The third-order valence-corrected chi connectivity index (χ3v) is 18.7. The van der Waals surface area contributed by atoms with E-state index >= 15 is 0 Å². The number of hydrogen-bond acceptors (Lipinski definition) is 3. The Morgan fingerprint density at radius 2 is 1.00 bits per heavy atom. The van der Waals surface area contributed by atoms with Crippen molar-refractivity contribution in [3.63, 3.8) is 0 Å². The van der Waals surface area contributed by atoms with Gasteiger partial charge < -0.3 is 9.15 Å². The van der Waals surface area contributed by atoms with E-state index in [-0.39, 0.29) is 16.2 Å². The number of aromatic nitrogens is 2. The smallest absolute Gasteiger partial charge is 0.307 e. The van der Waals surface area contributed by atoms with Gasteiger partial charge in [0.15, 0.2) is 13.7 Å². The predicted octanol–water partition coefficient (Wildman–Crippen LogP) is 13.0. The summed E-state index contributed by atoms with van der Waals surface area (Å²) < 4.78 is 16.0. The summed E-state index contributed by atoms with van der Waals surface area (Å²) in [4.78, 5) is 4.93. The molecule has 0 radical (unpaired) electrons. The van der Waals surface area contributed by atoms with Crippen LogP contribution in [0.5, 0.6) is 11.5 Å². The molecule has 10 aromatic rings. The Balaban J connectivity index is 1.22. The second-order valence-corrected chi connectivity index (χ2v) is 24.2. The topological polar surface area (TPSA) is 39.7 Å². The van der Waals surface area contributed by atoms with Crippen molar-refractivity contribution in [1.29, 1.82) is 0 Å². The molecule has 0 spiro atoms. The van der Waals surface area contributed by atoms with Gasteiger partial charge in [0, 0.05) is 27.7 Å². The molecule has 65 heavy (non-hydrogen) atoms. The first kappa shape index (κ1) is 40.8. The van der Waals surface area contributed by atoms with Crippen LogP contribution in [-0.4, -0.2) is 17.5 Å². The van der Waals surface area contributed by atoms with Crippen molar-refractivity contribution < 1.29 is 9.15 Å². The fourth-order valence-electron chi connectivity index (χ4n) is 10.8. The van der Waals surface area contributed by atoms with Crippen LogP contribution in [0.1, 0.15) is 77.6 Å². The molecule has 320 valence electrons. The van der Waals surface area contributed by atoms with Crippen molar-refractivity contribution in [2.75, 3.05) is 0 Å². The van der Waals surface area contributed by atoms with E-state index in [1.54, 1.807) is 0 Å². The van der Waals surface area contributed by atoms with E-state index in [4.69, 9.17) is 14.1 Å². The molecule has 0 fully saturated rings. The second-order valence-electron chi connectivity index (χ2n) is 20.4. The van der Waals surface area contributed by atoms with E-state index in [2.05, 4.69) is 230 Å². The van der Waals surface area contributed by atoms with Crippen LogP contribution >= 0.6 is 0 Å². The number of oxazole rings is 1. The summed E-state index contributed by atoms with van der Waals surface area (Å²) in [7, 11) is -3.13. The molecule has 11 rings (SSSR count). The van der Waals surface area contributed by atoms with Crippen LogP contribution in [0.2, 0.25) is 0 Å². The first-order chi connectivity index (χ1) is 31.3. The zero-order valence-corrected chi connectivity index (χ0v) is 39.5. The maximum atomic E-state index is 7.03. The van der Waals surface area contributed by atoms with Crippen LogP contribution in [0, 0.1) is 0 Å². The Hall–Kier alpha value is -6.95. The van der Waals surface area contributed by atoms with Gasteiger partial charge in [-0.15, -0.1) is 0 Å². The van der Waals surface area contributed by atoms with Crippen molar-refractivity contribution >= 4 is 56.8 Å². The van der Waals surface area contributed by atoms with Crippen LogP contribution in [0.25, 0.3) is 50.2 Å². The molecule has 0 saturated carbocycles. The molecule has 0 saturated heterocycles. The molecule has 0 atom stereocenters. The van der Waals surface area contributed by atoms with Crippen LogP contribution in [0.15, 0.2) is 186 Å². The summed E-state index contributed by atoms with van der Waals surface area (Å²) in [5.74, 6) is 2.46. The van der Waals surface area contributed by atoms with Crippen LogP contribution < -0.4 is 25.5 Å². The molecule has 2 aromatic heterocycles. The average Bonchev–Trinajstić information content (AvgIpc) is 3.86. The lowest BCUT2D eigenvalue weighted by molar-refractivity contribution is 0.419. The van der Waals surface area contributed by atoms with Gasteiger partial charge in [0.2, 0.25) is 0 Å². The van der Waals surface area contributed by atoms with Gasteiger partial charge >= 0.3 is 5.84 Å². The second kappa shape index (κ2) is 14.8. The van der Waals surface area contributed by atoms with Gasteiger partial charge in [-0.05, 0) is 78.1 Å². The summed E-state index contributed by atoms with van der Waals surface area (Å²) in [6.45, 7) is 18.6. The molecule has 0 N–H and O–H groups in total. The van der Waals surface area contributed by atoms with Gasteiger partial charge in [-0.1, -0.05) is 213 Å². The SMILES string of the molecule is CC(C)(C)c1ccc([Si](c2ccccc2)(c2ccccc2)c2ccc(C(C)(C)C)c(-c3cccc4c3oc3nc5ccccc5n34)c2)cc1-c1cccc2c1Oc1ccccc1C2(C)C. The maximum absolute atomic E-state index is 7.03. The molecule has 0 aliphatic carbocycles. The minimum absolute atomic E-state index is 0.156. The molecular formula is C60H54N2O2Si. The Bertz CT molecular complexity index is 3420. The summed E-state index contributed by atoms with van der Waals surface area (Å²) in [5.41, 5.74) is 12.7. The average molecular weight is 863 g/mol. The van der Waals surface area contributed by atoms with Crippen LogP contribution in [-0.2, 0) is 16.2 Å². The lowest BCUT2D eigenvalue weighted by Crippen LogP contribution is -2.74. The van der Waals surface area contributed by atoms with E-state index in [0.717, 1.165) is 44.8 Å². The number of para-hydroxylation sites is 5. The van der Waals surface area contributed by atoms with Gasteiger partial charge in [-0.3, -0.25) is 4.40 Å². The Morgan fingerprint density at radius 1 is 0.477 bits per heavy atom. The molecule has 3 heterocycles. The minimum Gasteiger partial charge on any atom is -0.456 e. The number of benzene rings is 8. The summed E-state index contributed by atoms with van der Waals surface area (Å²) in [5, 5.41) is 5.24. The van der Waals surface area contributed by atoms with Gasteiger partial charge in [0.25, 0.3) is 0 Å². The van der Waals surface area contributed by atoms with Gasteiger partial charge in [0.05, 0.1) is 16.6 Å². The van der Waals surface area contributed by atoms with Crippen molar-refractivity contribution in [2.24, 2.45) is 0 Å². The molecule has 1 aliphatic rings. The van der Waals surface area contributed by atoms with E-state index < -0.39 is 8.07 Å². The quantitative estimate of drug-likeness (QED) is 0.123. The first-order valence-corrected chi connectivity index (χ1v) is 24.9. The highest BCUT2D eigenvalue weighted by Crippen LogP contribution is 2.52. The maximum Gasteiger partial charge on any atom is 0.307 e. The Morgan fingerprint density at radius 3 is 1.65 bits per heavy atom. The van der Waals surface area contributed by atoms with Crippen molar-refractivity contribution in [3.05, 3.63) is 204 Å². The highest BCUT2D eigenvalue weighted by atomic mass is 28.3. The molecule has 8 aromatic carbocycles. The highest BCUT2D eigenvalue weighted by molar-refractivity contribution is 7.20. The summed E-state index contributed by atoms with van der Waals surface area (Å²) in [6.07, 6.45) is 0. The lowest BCUT2D eigenvalue weighted by atomic mass is 9.74. The highest BCUT2D eigenvalue weighted by Gasteiger charge is 2.44. The molecule has 1 aliphatic heterocycles. The molecular weight excluding hydrogens is 809 g/mol. The largest absolute Gasteiger partial charge is 0.456 e. The third-order valence-electron chi connectivity index (χ3n) is 13.9. The molecule has 0 bridgehead atoms. The molecule has 4 nitrogen and oxygen atoms in total. The van der Waals surface area contributed by atoms with Crippen molar-refractivity contribution in [2.45, 2.75) is 71.6 Å². The third kappa shape index (κ3) is 6.35. The standard InChI is InChI=1S/C60H54N2O2Si/c1-58(2,3)47-35-33-41(37-45(47)43-25-19-28-50-55(43)63-54-32-18-15-27-49(54)60(50,7)8)65(39-21-11-9-12-22-39,40-23-13-10-14-24-40)42-34-36-48(59(4,5)6)46(38-42)44-26-20-31-53-56(44)64-57-61-51-29-16-17-30-52(51)62(53)57/h9-38H,1-8H3. The van der Waals surface area contributed by atoms with E-state index in [1.165, 1.54) is 54.1 Å². The zero-order valence-electron chi connectivity index (χ0n) is 38.5. The van der Waals surface area contributed by atoms with Crippen molar-refractivity contribution in [3.8, 4) is 33.8 Å². The number of nitrogens with zero attached hydrogens (tertiary/aromatic N) is 2. The lowest BCUT2D eigenvalue weighted by Gasteiger charge is -2.38. The van der Waals surface area contributed by atoms with Gasteiger partial charge in [-0.2, -0.15) is 4.98 Å². The van der Waals surface area contributed by atoms with E-state index in [0.29, 0.717) is 5.84 Å². The van der Waals surface area contributed by atoms with E-state index in [1.807, 2.05) is 12.1 Å². The number of imidazole rings is 1. The Kier molecular flexibility index (Phi) is 9.29. The first-order valence-electron chi connectivity index (χ1n) is 22.9. The van der Waals surface area contributed by atoms with Gasteiger partial charge in [-0.25, -0.2) is 0 Å². The predicted molar refractivity (Wildman–Crippen MR) is 273 cm³/mol. The number of fused-ring (bicyclic) bond motifs is 7. The van der Waals surface area contributed by atoms with Gasteiger partial charge in [0.1, 0.15) is 11.5 Å². The molecule has 5 heteroatoms. The normalized spacial score (nSPS) is 13.8. The zero-order chi connectivity index (χ0) is 44.9. The molecule has 0 unspecified atom stereocenters. The monoisotopic (exact) mass is 862 g/mol. The molecule has 0 amide bonds. The van der Waals surface area contributed by atoms with Crippen molar-refractivity contribution in [1.82, 2.24) is 9.38 Å². The Labute approximate surface area is 383 Å². The number of ether oxygens (including phenoxy) is 1. The number of rotatable bonds is 6. The van der Waals surface area contributed by atoms with Crippen LogP contribution in [0.4, 0.5) is 0 Å². The summed E-state index contributed by atoms with van der Waals surface area (Å²) >= 11 is 0. The van der Waals surface area contributed by atoms with Crippen LogP contribution in [0.3, 0.4) is 0 Å². The minimum atomic E-state index is -3.13.